The Morgan fingerprint density at radius 3 is 2.80 bits per heavy atom. The van der Waals surface area contributed by atoms with Crippen molar-refractivity contribution >= 4 is 23.2 Å². The van der Waals surface area contributed by atoms with Gasteiger partial charge in [-0.25, -0.2) is 0 Å². The summed E-state index contributed by atoms with van der Waals surface area (Å²) in [5.74, 6) is -0.238. The summed E-state index contributed by atoms with van der Waals surface area (Å²) in [4.78, 5) is 16.0. The van der Waals surface area contributed by atoms with E-state index in [1.54, 1.807) is 24.5 Å². The topological polar surface area (TPSA) is 80.0 Å². The maximum absolute atomic E-state index is 12.5. The summed E-state index contributed by atoms with van der Waals surface area (Å²) in [6, 6.07) is 11.8. The van der Waals surface area contributed by atoms with Crippen molar-refractivity contribution in [3.63, 3.8) is 0 Å². The lowest BCUT2D eigenvalue weighted by molar-refractivity contribution is -0.134. The minimum atomic E-state index is -0.624. The monoisotopic (exact) mass is 352 g/mol. The number of nitrogens with one attached hydrogen (secondary N) is 2. The molecule has 1 aromatic carbocycles. The second kappa shape index (κ2) is 6.01. The molecule has 25 heavy (non-hydrogen) atoms. The average Bonchev–Trinajstić information content (AvgIpc) is 3.01. The van der Waals surface area contributed by atoms with Crippen molar-refractivity contribution in [1.82, 2.24) is 10.2 Å². The Morgan fingerprint density at radius 2 is 2.12 bits per heavy atom. The van der Waals surface area contributed by atoms with Gasteiger partial charge in [0.1, 0.15) is 0 Å². The number of amides is 1. The lowest BCUT2D eigenvalue weighted by Gasteiger charge is -2.43. The molecule has 1 aliphatic heterocycles. The number of nitrogens with zero attached hydrogens (tertiary/aromatic N) is 2. The molecule has 2 aromatic rings. The van der Waals surface area contributed by atoms with Crippen LogP contribution < -0.4 is 5.32 Å². The molecule has 0 radical (unpaired) electrons. The molecule has 0 unspecified atom stereocenters. The lowest BCUT2D eigenvalue weighted by atomic mass is 9.82. The molecule has 0 bridgehead atoms. The minimum absolute atomic E-state index is 0.0645. The van der Waals surface area contributed by atoms with Crippen LogP contribution in [0.3, 0.4) is 0 Å². The highest BCUT2D eigenvalue weighted by Crippen LogP contribution is 2.41. The van der Waals surface area contributed by atoms with Gasteiger partial charge in [0, 0.05) is 16.8 Å². The minimum Gasteiger partial charge on any atom is -0.345 e. The van der Waals surface area contributed by atoms with Crippen LogP contribution in [0, 0.1) is 29.6 Å². The molecule has 2 heterocycles. The standard InChI is InChI=1S/C19H20N4OS/c1-11-17(24)23(4)18(21)22-19(11,3)16-9-15(12(2)25-16)14-7-5-6-13(8-14)10-20/h5-9,11H,1-4H3,(H2,21,22)/t11-,19-/m0/s1. The Hall–Kier alpha value is -2.65. The van der Waals surface area contributed by atoms with E-state index in [4.69, 9.17) is 10.7 Å². The molecule has 3 rings (SSSR count). The third-order valence-electron chi connectivity index (χ3n) is 5.01. The average molecular weight is 352 g/mol. The van der Waals surface area contributed by atoms with Gasteiger partial charge in [-0.15, -0.1) is 11.3 Å². The largest absolute Gasteiger partial charge is 0.345 e. The van der Waals surface area contributed by atoms with Crippen LogP contribution >= 0.6 is 11.3 Å². The predicted octanol–water partition coefficient (Wildman–Crippen LogP) is 3.44. The molecule has 1 fully saturated rings. The number of aryl methyl sites for hydroxylation is 1. The molecule has 0 spiro atoms. The van der Waals surface area contributed by atoms with Crippen molar-refractivity contribution < 1.29 is 4.79 Å². The maximum Gasteiger partial charge on any atom is 0.234 e. The summed E-state index contributed by atoms with van der Waals surface area (Å²) in [5.41, 5.74) is 2.05. The van der Waals surface area contributed by atoms with Crippen molar-refractivity contribution in [3.05, 3.63) is 45.6 Å². The molecule has 2 atom stereocenters. The van der Waals surface area contributed by atoms with E-state index in [1.165, 1.54) is 4.90 Å². The third kappa shape index (κ3) is 2.71. The van der Waals surface area contributed by atoms with Gasteiger partial charge in [-0.3, -0.25) is 15.1 Å². The number of benzene rings is 1. The third-order valence-corrected chi connectivity index (χ3v) is 6.30. The van der Waals surface area contributed by atoms with Crippen LogP contribution in [-0.2, 0) is 10.3 Å². The zero-order valence-corrected chi connectivity index (χ0v) is 15.5. The SMILES string of the molecule is Cc1sc([C@@]2(C)NC(=N)N(C)C(=O)[C@@H]2C)cc1-c1cccc(C#N)c1. The first-order chi connectivity index (χ1) is 11.8. The number of rotatable bonds is 2. The van der Waals surface area contributed by atoms with Crippen molar-refractivity contribution in [2.75, 3.05) is 7.05 Å². The Balaban J connectivity index is 2.06. The molecular formula is C19H20N4OS. The number of nitriles is 1. The van der Waals surface area contributed by atoms with Gasteiger partial charge in [0.25, 0.3) is 0 Å². The van der Waals surface area contributed by atoms with Crippen LogP contribution in [0.2, 0.25) is 0 Å². The smallest absolute Gasteiger partial charge is 0.234 e. The summed E-state index contributed by atoms with van der Waals surface area (Å²) in [5, 5.41) is 20.4. The van der Waals surface area contributed by atoms with Crippen LogP contribution in [0.5, 0.6) is 0 Å². The molecule has 5 nitrogen and oxygen atoms in total. The van der Waals surface area contributed by atoms with Gasteiger partial charge < -0.3 is 5.32 Å². The van der Waals surface area contributed by atoms with E-state index < -0.39 is 5.54 Å². The summed E-state index contributed by atoms with van der Waals surface area (Å²) in [6.07, 6.45) is 0. The molecule has 6 heteroatoms. The zero-order valence-electron chi connectivity index (χ0n) is 14.7. The Morgan fingerprint density at radius 1 is 1.40 bits per heavy atom. The fourth-order valence-corrected chi connectivity index (χ4v) is 4.37. The van der Waals surface area contributed by atoms with Crippen molar-refractivity contribution in [2.45, 2.75) is 26.3 Å². The van der Waals surface area contributed by atoms with Crippen LogP contribution in [0.15, 0.2) is 30.3 Å². The summed E-state index contributed by atoms with van der Waals surface area (Å²) >= 11 is 1.62. The first kappa shape index (κ1) is 17.2. The zero-order chi connectivity index (χ0) is 18.4. The second-order valence-electron chi connectivity index (χ2n) is 6.57. The Labute approximate surface area is 151 Å². The van der Waals surface area contributed by atoms with Crippen molar-refractivity contribution in [1.29, 1.82) is 10.7 Å². The number of guanidine groups is 1. The predicted molar refractivity (Wildman–Crippen MR) is 99.4 cm³/mol. The van der Waals surface area contributed by atoms with Gasteiger partial charge in [0.05, 0.1) is 23.1 Å². The number of hydrogen-bond acceptors (Lipinski definition) is 4. The number of carbonyl (C=O) groups is 1. The first-order valence-electron chi connectivity index (χ1n) is 8.03. The van der Waals surface area contributed by atoms with Crippen LogP contribution in [0.1, 0.15) is 29.2 Å². The van der Waals surface area contributed by atoms with Crippen molar-refractivity contribution in [2.24, 2.45) is 5.92 Å². The molecule has 0 aliphatic carbocycles. The van der Waals surface area contributed by atoms with E-state index in [0.29, 0.717) is 5.56 Å². The van der Waals surface area contributed by atoms with E-state index in [-0.39, 0.29) is 17.8 Å². The molecule has 1 amide bonds. The van der Waals surface area contributed by atoms with Gasteiger partial charge in [-0.1, -0.05) is 19.1 Å². The lowest BCUT2D eigenvalue weighted by Crippen LogP contribution is -2.62. The van der Waals surface area contributed by atoms with E-state index in [0.717, 1.165) is 20.9 Å². The highest BCUT2D eigenvalue weighted by Gasteiger charge is 2.45. The van der Waals surface area contributed by atoms with E-state index in [2.05, 4.69) is 17.5 Å². The second-order valence-corrected chi connectivity index (χ2v) is 7.82. The molecule has 2 N–H and O–H groups in total. The molecule has 1 aromatic heterocycles. The quantitative estimate of drug-likeness (QED) is 0.869. The van der Waals surface area contributed by atoms with Gasteiger partial charge in [0.2, 0.25) is 5.91 Å². The fraction of sp³-hybridized carbons (Fsp3) is 0.316. The number of carbonyl (C=O) groups excluding carboxylic acids is 1. The number of thiophene rings is 1. The highest BCUT2D eigenvalue weighted by atomic mass is 32.1. The summed E-state index contributed by atoms with van der Waals surface area (Å²) in [7, 11) is 1.62. The van der Waals surface area contributed by atoms with Crippen molar-refractivity contribution in [3.8, 4) is 17.2 Å². The fourth-order valence-electron chi connectivity index (χ4n) is 3.14. The van der Waals surface area contributed by atoms with Gasteiger partial charge in [-0.05, 0) is 43.2 Å². The van der Waals surface area contributed by atoms with Gasteiger partial charge in [0.15, 0.2) is 5.96 Å². The van der Waals surface area contributed by atoms with Crippen LogP contribution in [-0.4, -0.2) is 23.8 Å². The van der Waals surface area contributed by atoms with Crippen LogP contribution in [0.4, 0.5) is 0 Å². The maximum atomic E-state index is 12.5. The van der Waals surface area contributed by atoms with E-state index >= 15 is 0 Å². The molecular weight excluding hydrogens is 332 g/mol. The highest BCUT2D eigenvalue weighted by molar-refractivity contribution is 7.12. The van der Waals surface area contributed by atoms with Crippen LogP contribution in [0.25, 0.3) is 11.1 Å². The molecule has 0 saturated carbocycles. The first-order valence-corrected chi connectivity index (χ1v) is 8.85. The Kier molecular flexibility index (Phi) is 4.13. The van der Waals surface area contributed by atoms with E-state index in [9.17, 15) is 4.79 Å². The normalized spacial score (nSPS) is 23.3. The van der Waals surface area contributed by atoms with E-state index in [1.807, 2.05) is 39.0 Å². The molecule has 1 saturated heterocycles. The summed E-state index contributed by atoms with van der Waals surface area (Å²) < 4.78 is 0. The van der Waals surface area contributed by atoms with Gasteiger partial charge >= 0.3 is 0 Å². The Bertz CT molecular complexity index is 910. The van der Waals surface area contributed by atoms with Gasteiger partial charge in [-0.2, -0.15) is 5.26 Å². The number of hydrogen-bond donors (Lipinski definition) is 2. The molecule has 128 valence electrons. The molecule has 1 aliphatic rings. The summed E-state index contributed by atoms with van der Waals surface area (Å²) in [6.45, 7) is 5.90.